The molecule has 3 nitrogen and oxygen atoms in total. The van der Waals surface area contributed by atoms with Gasteiger partial charge in [0, 0.05) is 0 Å². The van der Waals surface area contributed by atoms with Crippen LogP contribution < -0.4 is 5.73 Å². The lowest BCUT2D eigenvalue weighted by Gasteiger charge is -2.00. The average Bonchev–Trinajstić information content (AvgIpc) is 1.89. The Labute approximate surface area is 54.2 Å². The quantitative estimate of drug-likeness (QED) is 0.304. The van der Waals surface area contributed by atoms with Gasteiger partial charge in [0.25, 0.3) is 0 Å². The Bertz CT molecular complexity index is 117. The summed E-state index contributed by atoms with van der Waals surface area (Å²) in [6.07, 6.45) is 5.47. The zero-order valence-electron chi connectivity index (χ0n) is 5.04. The first-order chi connectivity index (χ1) is 4.31. The second kappa shape index (κ2) is 5.29. The molecule has 2 N–H and O–H groups in total. The van der Waals surface area contributed by atoms with E-state index >= 15 is 0 Å². The first-order valence-corrected chi connectivity index (χ1v) is 2.53. The minimum atomic E-state index is -0.543. The van der Waals surface area contributed by atoms with Crippen molar-refractivity contribution in [1.82, 2.24) is 0 Å². The van der Waals surface area contributed by atoms with E-state index in [4.69, 9.17) is 16.9 Å². The molecule has 0 aromatic heterocycles. The van der Waals surface area contributed by atoms with Gasteiger partial charge in [-0.25, -0.2) is 0 Å². The highest BCUT2D eigenvalue weighted by Gasteiger charge is 1.96. The highest BCUT2D eigenvalue weighted by atomic mass is 16.5. The first-order valence-electron chi connectivity index (χ1n) is 2.53. The van der Waals surface area contributed by atoms with Crippen molar-refractivity contribution in [2.75, 3.05) is 13.2 Å². The van der Waals surface area contributed by atoms with Crippen LogP contribution >= 0.6 is 0 Å². The van der Waals surface area contributed by atoms with E-state index in [9.17, 15) is 4.79 Å². The fourth-order valence-electron chi connectivity index (χ4n) is 0.293. The highest BCUT2D eigenvalue weighted by molar-refractivity contribution is 5.57. The largest absolute Gasteiger partial charge is 0.367 e. The summed E-state index contributed by atoms with van der Waals surface area (Å²) < 4.78 is 4.74. The Morgan fingerprint density at radius 2 is 2.56 bits per heavy atom. The summed E-state index contributed by atoms with van der Waals surface area (Å²) in [7, 11) is 0. The molecule has 3 heteroatoms. The molecule has 0 rings (SSSR count). The monoisotopic (exact) mass is 127 g/mol. The van der Waals surface area contributed by atoms with Gasteiger partial charge in [0.1, 0.15) is 12.9 Å². The van der Waals surface area contributed by atoms with Crippen LogP contribution in [0.5, 0.6) is 0 Å². The second-order valence-electron chi connectivity index (χ2n) is 1.52. The normalized spacial score (nSPS) is 12.0. The van der Waals surface area contributed by atoms with E-state index in [0.29, 0.717) is 6.29 Å². The fraction of sp³-hybridized carbons (Fsp3) is 0.500. The molecular formula is C6H9NO2. The number of hydrogen-bond acceptors (Lipinski definition) is 3. The van der Waals surface area contributed by atoms with Crippen molar-refractivity contribution in [2.45, 2.75) is 6.04 Å². The molecule has 0 saturated carbocycles. The zero-order valence-corrected chi connectivity index (χ0v) is 5.04. The molecule has 1 unspecified atom stereocenters. The van der Waals surface area contributed by atoms with Crippen LogP contribution in [0.2, 0.25) is 0 Å². The molecule has 0 aliphatic carbocycles. The highest BCUT2D eigenvalue weighted by Crippen LogP contribution is 1.75. The van der Waals surface area contributed by atoms with Crippen molar-refractivity contribution in [3.05, 3.63) is 0 Å². The predicted molar refractivity (Wildman–Crippen MR) is 33.7 cm³/mol. The van der Waals surface area contributed by atoms with E-state index in [2.05, 4.69) is 5.92 Å². The Kier molecular flexibility index (Phi) is 4.79. The molecule has 0 radical (unpaired) electrons. The molecule has 0 aliphatic rings. The molecule has 0 spiro atoms. The van der Waals surface area contributed by atoms with E-state index in [1.165, 1.54) is 0 Å². The molecule has 0 aromatic rings. The maximum atomic E-state index is 9.84. The van der Waals surface area contributed by atoms with Crippen molar-refractivity contribution < 1.29 is 9.53 Å². The van der Waals surface area contributed by atoms with E-state index in [0.717, 1.165) is 0 Å². The second-order valence-corrected chi connectivity index (χ2v) is 1.52. The molecule has 0 fully saturated rings. The van der Waals surface area contributed by atoms with Gasteiger partial charge in [-0.1, -0.05) is 5.92 Å². The molecular weight excluding hydrogens is 118 g/mol. The molecule has 0 bridgehead atoms. The smallest absolute Gasteiger partial charge is 0.139 e. The summed E-state index contributed by atoms with van der Waals surface area (Å²) in [6.45, 7) is 0.412. The van der Waals surface area contributed by atoms with Crippen LogP contribution in [0.1, 0.15) is 0 Å². The summed E-state index contributed by atoms with van der Waals surface area (Å²) in [6, 6.07) is -0.543. The van der Waals surface area contributed by atoms with Gasteiger partial charge < -0.3 is 15.3 Å². The maximum absolute atomic E-state index is 9.84. The van der Waals surface area contributed by atoms with Gasteiger partial charge in [-0.3, -0.25) is 0 Å². The molecule has 50 valence electrons. The number of hydrogen-bond donors (Lipinski definition) is 1. The Morgan fingerprint density at radius 1 is 1.89 bits per heavy atom. The lowest BCUT2D eigenvalue weighted by Crippen LogP contribution is -2.27. The molecule has 0 heterocycles. The molecule has 0 amide bonds. The standard InChI is InChI=1S/C6H9NO2/c1-2-3-9-5-6(7)4-8/h1,4,6H,3,5,7H2. The number of ether oxygens (including phenoxy) is 1. The van der Waals surface area contributed by atoms with Crippen LogP contribution in [0.25, 0.3) is 0 Å². The van der Waals surface area contributed by atoms with Gasteiger partial charge in [-0.2, -0.15) is 0 Å². The number of carbonyl (C=O) groups excluding carboxylic acids is 1. The summed E-state index contributed by atoms with van der Waals surface area (Å²) in [5.74, 6) is 2.25. The lowest BCUT2D eigenvalue weighted by molar-refractivity contribution is -0.109. The summed E-state index contributed by atoms with van der Waals surface area (Å²) >= 11 is 0. The first kappa shape index (κ1) is 8.15. The van der Waals surface area contributed by atoms with E-state index in [1.807, 2.05) is 0 Å². The SMILES string of the molecule is C#CCOCC(N)C=O. The summed E-state index contributed by atoms with van der Waals surface area (Å²) in [5.41, 5.74) is 5.15. The molecule has 0 aromatic carbocycles. The van der Waals surface area contributed by atoms with E-state index in [1.54, 1.807) is 0 Å². The van der Waals surface area contributed by atoms with Crippen molar-refractivity contribution in [1.29, 1.82) is 0 Å². The third kappa shape index (κ3) is 5.01. The number of aldehydes is 1. The van der Waals surface area contributed by atoms with Crippen LogP contribution in [-0.2, 0) is 9.53 Å². The lowest BCUT2D eigenvalue weighted by atomic mass is 10.4. The minimum absolute atomic E-state index is 0.202. The van der Waals surface area contributed by atoms with Gasteiger partial charge in [0.15, 0.2) is 0 Å². The number of carbonyl (C=O) groups is 1. The number of terminal acetylenes is 1. The topological polar surface area (TPSA) is 52.3 Å². The molecule has 9 heavy (non-hydrogen) atoms. The predicted octanol–water partition coefficient (Wildman–Crippen LogP) is -0.838. The third-order valence-corrected chi connectivity index (χ3v) is 0.670. The molecule has 0 aliphatic heterocycles. The zero-order chi connectivity index (χ0) is 7.11. The van der Waals surface area contributed by atoms with Gasteiger partial charge in [0.2, 0.25) is 0 Å². The van der Waals surface area contributed by atoms with Crippen LogP contribution in [0.15, 0.2) is 0 Å². The van der Waals surface area contributed by atoms with E-state index in [-0.39, 0.29) is 13.2 Å². The average molecular weight is 127 g/mol. The van der Waals surface area contributed by atoms with Crippen molar-refractivity contribution in [2.24, 2.45) is 5.73 Å². The van der Waals surface area contributed by atoms with Gasteiger partial charge in [0.05, 0.1) is 12.6 Å². The summed E-state index contributed by atoms with van der Waals surface area (Å²) in [5, 5.41) is 0. The van der Waals surface area contributed by atoms with E-state index < -0.39 is 6.04 Å². The molecule has 1 atom stereocenters. The Morgan fingerprint density at radius 3 is 3.00 bits per heavy atom. The van der Waals surface area contributed by atoms with Crippen molar-refractivity contribution in [3.8, 4) is 12.3 Å². The number of rotatable bonds is 4. The van der Waals surface area contributed by atoms with Crippen LogP contribution in [0, 0.1) is 12.3 Å². The van der Waals surface area contributed by atoms with Gasteiger partial charge >= 0.3 is 0 Å². The fourth-order valence-corrected chi connectivity index (χ4v) is 0.293. The molecule has 0 saturated heterocycles. The van der Waals surface area contributed by atoms with Crippen LogP contribution in [0.3, 0.4) is 0 Å². The third-order valence-electron chi connectivity index (χ3n) is 0.670. The Balaban J connectivity index is 3.08. The minimum Gasteiger partial charge on any atom is -0.367 e. The number of nitrogens with two attached hydrogens (primary N) is 1. The van der Waals surface area contributed by atoms with Crippen LogP contribution in [-0.4, -0.2) is 25.5 Å². The van der Waals surface area contributed by atoms with Gasteiger partial charge in [-0.15, -0.1) is 6.42 Å². The van der Waals surface area contributed by atoms with Crippen molar-refractivity contribution in [3.63, 3.8) is 0 Å². The summed E-state index contributed by atoms with van der Waals surface area (Å²) in [4.78, 5) is 9.84. The van der Waals surface area contributed by atoms with Crippen molar-refractivity contribution >= 4 is 6.29 Å². The van der Waals surface area contributed by atoms with Crippen LogP contribution in [0.4, 0.5) is 0 Å². The van der Waals surface area contributed by atoms with Gasteiger partial charge in [-0.05, 0) is 0 Å². The Hall–Kier alpha value is -0.850. The maximum Gasteiger partial charge on any atom is 0.139 e.